The van der Waals surface area contributed by atoms with E-state index < -0.39 is 0 Å². The van der Waals surface area contributed by atoms with Crippen molar-refractivity contribution >= 4 is 0 Å². The Morgan fingerprint density at radius 2 is 2.07 bits per heavy atom. The van der Waals surface area contributed by atoms with Gasteiger partial charge in [0.15, 0.2) is 0 Å². The monoisotopic (exact) mass is 196 g/mol. The lowest BCUT2D eigenvalue weighted by Gasteiger charge is -2.35. The van der Waals surface area contributed by atoms with E-state index in [1.165, 1.54) is 19.3 Å². The van der Waals surface area contributed by atoms with Crippen molar-refractivity contribution in [1.29, 1.82) is 0 Å². The van der Waals surface area contributed by atoms with Crippen molar-refractivity contribution in [2.24, 2.45) is 5.41 Å². The van der Waals surface area contributed by atoms with Crippen molar-refractivity contribution in [2.45, 2.75) is 65.9 Å². The zero-order valence-electron chi connectivity index (χ0n) is 10.1. The molecule has 0 aromatic rings. The Bertz CT molecular complexity index is 223. The fourth-order valence-corrected chi connectivity index (χ4v) is 2.58. The van der Waals surface area contributed by atoms with E-state index in [1.54, 1.807) is 11.1 Å². The lowest BCUT2D eigenvalue weighted by Crippen LogP contribution is -2.21. The van der Waals surface area contributed by atoms with Crippen molar-refractivity contribution in [3.8, 4) is 0 Å². The van der Waals surface area contributed by atoms with E-state index in [2.05, 4.69) is 20.8 Å². The smallest absolute Gasteiger partial charge is 0.0515 e. The first-order valence-electron chi connectivity index (χ1n) is 5.80. The third kappa shape index (κ3) is 2.84. The summed E-state index contributed by atoms with van der Waals surface area (Å²) in [5.41, 5.74) is 3.54. The van der Waals surface area contributed by atoms with Crippen molar-refractivity contribution in [3.05, 3.63) is 11.1 Å². The number of hydrogen-bond donors (Lipinski definition) is 1. The van der Waals surface area contributed by atoms with Gasteiger partial charge in [-0.1, -0.05) is 25.0 Å². The highest BCUT2D eigenvalue weighted by Crippen LogP contribution is 2.42. The van der Waals surface area contributed by atoms with Crippen LogP contribution in [-0.2, 0) is 0 Å². The topological polar surface area (TPSA) is 20.2 Å². The third-order valence-electron chi connectivity index (χ3n) is 3.50. The summed E-state index contributed by atoms with van der Waals surface area (Å²) in [5.74, 6) is 0. The zero-order chi connectivity index (χ0) is 10.8. The van der Waals surface area contributed by atoms with Gasteiger partial charge >= 0.3 is 0 Å². The summed E-state index contributed by atoms with van der Waals surface area (Å²) in [5, 5.41) is 9.32. The molecule has 1 N–H and O–H groups in total. The van der Waals surface area contributed by atoms with E-state index in [0.717, 1.165) is 12.8 Å². The predicted octanol–water partition coefficient (Wildman–Crippen LogP) is 3.67. The van der Waals surface area contributed by atoms with Crippen LogP contribution in [0.25, 0.3) is 0 Å². The Morgan fingerprint density at radius 3 is 2.57 bits per heavy atom. The molecule has 1 rings (SSSR count). The second kappa shape index (κ2) is 4.48. The normalized spacial score (nSPS) is 23.8. The van der Waals surface area contributed by atoms with E-state index >= 15 is 0 Å². The molecule has 0 amide bonds. The molecule has 1 aliphatic carbocycles. The number of allylic oxidation sites excluding steroid dienone is 2. The summed E-state index contributed by atoms with van der Waals surface area (Å²) in [4.78, 5) is 0. The first-order valence-corrected chi connectivity index (χ1v) is 5.80. The van der Waals surface area contributed by atoms with E-state index in [0.29, 0.717) is 5.41 Å². The molecule has 14 heavy (non-hydrogen) atoms. The van der Waals surface area contributed by atoms with Crippen molar-refractivity contribution < 1.29 is 5.11 Å². The van der Waals surface area contributed by atoms with Gasteiger partial charge in [0.25, 0.3) is 0 Å². The number of hydrogen-bond acceptors (Lipinski definition) is 1. The number of rotatable bonds is 3. The summed E-state index contributed by atoms with van der Waals surface area (Å²) >= 11 is 0. The van der Waals surface area contributed by atoms with Crippen molar-refractivity contribution in [3.63, 3.8) is 0 Å². The Kier molecular flexibility index (Phi) is 3.77. The van der Waals surface area contributed by atoms with Crippen LogP contribution in [0.2, 0.25) is 0 Å². The molecule has 1 heteroatoms. The van der Waals surface area contributed by atoms with Gasteiger partial charge in [-0.25, -0.2) is 0 Å². The van der Waals surface area contributed by atoms with Gasteiger partial charge in [-0.15, -0.1) is 0 Å². The highest BCUT2D eigenvalue weighted by Gasteiger charge is 2.27. The molecule has 0 heterocycles. The molecule has 0 saturated carbocycles. The van der Waals surface area contributed by atoms with Gasteiger partial charge in [0.2, 0.25) is 0 Å². The molecule has 0 unspecified atom stereocenters. The second-order valence-electron chi connectivity index (χ2n) is 5.38. The molecule has 0 radical (unpaired) electrons. The first-order chi connectivity index (χ1) is 6.43. The van der Waals surface area contributed by atoms with Crippen LogP contribution in [0.4, 0.5) is 0 Å². The molecule has 1 nitrogen and oxygen atoms in total. The largest absolute Gasteiger partial charge is 0.393 e. The number of aliphatic hydroxyl groups excluding tert-OH is 1. The van der Waals surface area contributed by atoms with Gasteiger partial charge in [-0.3, -0.25) is 0 Å². The van der Waals surface area contributed by atoms with Gasteiger partial charge in [0.1, 0.15) is 0 Å². The fourth-order valence-electron chi connectivity index (χ4n) is 2.58. The van der Waals surface area contributed by atoms with Gasteiger partial charge in [-0.2, -0.15) is 0 Å². The number of aliphatic hydroxyl groups is 1. The quantitative estimate of drug-likeness (QED) is 0.683. The minimum atomic E-state index is -0.159. The van der Waals surface area contributed by atoms with Crippen LogP contribution >= 0.6 is 0 Å². The molecule has 82 valence electrons. The molecule has 0 aromatic carbocycles. The van der Waals surface area contributed by atoms with Crippen molar-refractivity contribution in [1.82, 2.24) is 0 Å². The highest BCUT2D eigenvalue weighted by molar-refractivity contribution is 5.22. The molecule has 0 bridgehead atoms. The Morgan fingerprint density at radius 1 is 1.43 bits per heavy atom. The highest BCUT2D eigenvalue weighted by atomic mass is 16.3. The van der Waals surface area contributed by atoms with Gasteiger partial charge < -0.3 is 5.11 Å². The summed E-state index contributed by atoms with van der Waals surface area (Å²) < 4.78 is 0. The van der Waals surface area contributed by atoms with Gasteiger partial charge in [-0.05, 0) is 51.4 Å². The third-order valence-corrected chi connectivity index (χ3v) is 3.50. The second-order valence-corrected chi connectivity index (χ2v) is 5.38. The van der Waals surface area contributed by atoms with Gasteiger partial charge in [0, 0.05) is 0 Å². The summed E-state index contributed by atoms with van der Waals surface area (Å²) in [6.07, 6.45) is 5.73. The Hall–Kier alpha value is -0.300. The SMILES string of the molecule is CC1=C(CC[C@H](C)O)C(C)(C)CCC1. The predicted molar refractivity (Wildman–Crippen MR) is 61.2 cm³/mol. The molecular weight excluding hydrogens is 172 g/mol. The lowest BCUT2D eigenvalue weighted by atomic mass is 9.71. The summed E-state index contributed by atoms with van der Waals surface area (Å²) in [7, 11) is 0. The molecule has 1 atom stereocenters. The lowest BCUT2D eigenvalue weighted by molar-refractivity contribution is 0.181. The van der Waals surface area contributed by atoms with E-state index in [1.807, 2.05) is 6.92 Å². The van der Waals surface area contributed by atoms with Crippen LogP contribution in [0.15, 0.2) is 11.1 Å². The minimum Gasteiger partial charge on any atom is -0.393 e. The minimum absolute atomic E-state index is 0.159. The average Bonchev–Trinajstić information content (AvgIpc) is 2.01. The van der Waals surface area contributed by atoms with Crippen LogP contribution in [0.3, 0.4) is 0 Å². The molecular formula is C13H24O. The summed E-state index contributed by atoms with van der Waals surface area (Å²) in [6.45, 7) is 8.82. The van der Waals surface area contributed by atoms with Crippen LogP contribution in [-0.4, -0.2) is 11.2 Å². The maximum atomic E-state index is 9.32. The van der Waals surface area contributed by atoms with Crippen LogP contribution in [0, 0.1) is 5.41 Å². The van der Waals surface area contributed by atoms with Gasteiger partial charge in [0.05, 0.1) is 6.10 Å². The van der Waals surface area contributed by atoms with E-state index in [-0.39, 0.29) is 6.10 Å². The maximum Gasteiger partial charge on any atom is 0.0515 e. The van der Waals surface area contributed by atoms with E-state index in [9.17, 15) is 5.11 Å². The maximum absolute atomic E-state index is 9.32. The fraction of sp³-hybridized carbons (Fsp3) is 0.846. The van der Waals surface area contributed by atoms with E-state index in [4.69, 9.17) is 0 Å². The zero-order valence-corrected chi connectivity index (χ0v) is 10.1. The molecule has 0 aromatic heterocycles. The first kappa shape index (κ1) is 11.8. The molecule has 0 fully saturated rings. The van der Waals surface area contributed by atoms with Crippen molar-refractivity contribution in [2.75, 3.05) is 0 Å². The van der Waals surface area contributed by atoms with Crippen LogP contribution in [0.1, 0.15) is 59.8 Å². The average molecular weight is 196 g/mol. The molecule has 1 aliphatic rings. The Labute approximate surface area is 88.2 Å². The molecule has 0 aliphatic heterocycles. The standard InChI is InChI=1S/C13H24O/c1-10-6-5-9-13(3,4)12(10)8-7-11(2)14/h11,14H,5-9H2,1-4H3/t11-/m0/s1. The van der Waals surface area contributed by atoms with Crippen LogP contribution in [0.5, 0.6) is 0 Å². The molecule has 0 spiro atoms. The summed E-state index contributed by atoms with van der Waals surface area (Å²) in [6, 6.07) is 0. The molecule has 0 saturated heterocycles. The van der Waals surface area contributed by atoms with Crippen LogP contribution < -0.4 is 0 Å². The Balaban J connectivity index is 2.70.